The summed E-state index contributed by atoms with van der Waals surface area (Å²) in [6.07, 6.45) is 0.274. The predicted molar refractivity (Wildman–Crippen MR) is 152 cm³/mol. The topological polar surface area (TPSA) is 80.2 Å². The maximum absolute atomic E-state index is 14.0. The Bertz CT molecular complexity index is 1250. The molecule has 3 aromatic carbocycles. The number of hydrogen-bond acceptors (Lipinski definition) is 5. The summed E-state index contributed by atoms with van der Waals surface area (Å²) in [7, 11) is 0. The van der Waals surface area contributed by atoms with E-state index in [1.165, 1.54) is 0 Å². The largest absolute Gasteiger partial charge is 0.494 e. The second-order valence-corrected chi connectivity index (χ2v) is 11.0. The van der Waals surface area contributed by atoms with Crippen molar-refractivity contribution in [3.63, 3.8) is 0 Å². The zero-order chi connectivity index (χ0) is 26.4. The number of halogens is 2. The van der Waals surface area contributed by atoms with Crippen molar-refractivity contribution in [2.24, 2.45) is 4.99 Å². The van der Waals surface area contributed by atoms with Gasteiger partial charge in [-0.2, -0.15) is 0 Å². The van der Waals surface area contributed by atoms with Crippen molar-refractivity contribution in [1.29, 1.82) is 0 Å². The van der Waals surface area contributed by atoms with Crippen molar-refractivity contribution >= 4 is 43.7 Å². The van der Waals surface area contributed by atoms with Crippen LogP contribution in [-0.4, -0.2) is 41.7 Å². The summed E-state index contributed by atoms with van der Waals surface area (Å²) in [6, 6.07) is 23.1. The first-order chi connectivity index (χ1) is 17.8. The van der Waals surface area contributed by atoms with Gasteiger partial charge in [-0.3, -0.25) is 4.79 Å². The van der Waals surface area contributed by atoms with E-state index in [9.17, 15) is 4.79 Å². The van der Waals surface area contributed by atoms with E-state index < -0.39 is 11.6 Å². The first-order valence-corrected chi connectivity index (χ1v) is 13.8. The molecule has 2 N–H and O–H groups in total. The van der Waals surface area contributed by atoms with E-state index in [0.29, 0.717) is 31.1 Å². The fraction of sp³-hybridized carbons (Fsp3) is 0.310. The number of hydrogen-bond donors (Lipinski definition) is 2. The third-order valence-electron chi connectivity index (χ3n) is 6.04. The summed E-state index contributed by atoms with van der Waals surface area (Å²) in [4.78, 5) is 19.0. The van der Waals surface area contributed by atoms with Gasteiger partial charge in [-0.25, -0.2) is 4.99 Å². The van der Waals surface area contributed by atoms with Gasteiger partial charge >= 0.3 is 0 Å². The van der Waals surface area contributed by atoms with Crippen molar-refractivity contribution < 1.29 is 19.4 Å². The molecule has 1 aliphatic heterocycles. The molecule has 0 saturated carbocycles. The molecule has 3 aromatic rings. The lowest BCUT2D eigenvalue weighted by atomic mass is 9.82. The van der Waals surface area contributed by atoms with Crippen LogP contribution in [0.3, 0.4) is 0 Å². The molecule has 0 aliphatic carbocycles. The van der Waals surface area contributed by atoms with E-state index in [1.807, 2.05) is 86.6 Å². The Morgan fingerprint density at radius 1 is 1.08 bits per heavy atom. The highest BCUT2D eigenvalue weighted by molar-refractivity contribution is 9.10. The van der Waals surface area contributed by atoms with Crippen LogP contribution in [0.2, 0.25) is 0 Å². The Morgan fingerprint density at radius 2 is 1.78 bits per heavy atom. The molecular weight excluding hydrogens is 600 g/mol. The summed E-state index contributed by atoms with van der Waals surface area (Å²) in [5, 5.41) is 12.1. The normalized spacial score (nSPS) is 18.9. The van der Waals surface area contributed by atoms with Crippen LogP contribution >= 0.6 is 31.9 Å². The zero-order valence-electron chi connectivity index (χ0n) is 20.8. The summed E-state index contributed by atoms with van der Waals surface area (Å²) < 4.78 is 14.0. The van der Waals surface area contributed by atoms with Gasteiger partial charge in [-0.1, -0.05) is 62.2 Å². The van der Waals surface area contributed by atoms with Gasteiger partial charge < -0.3 is 19.9 Å². The molecule has 0 bridgehead atoms. The molecule has 0 fully saturated rings. The maximum Gasteiger partial charge on any atom is 0.252 e. The molecule has 1 heterocycles. The van der Waals surface area contributed by atoms with E-state index in [1.54, 1.807) is 0 Å². The molecule has 0 saturated heterocycles. The number of aliphatic imine (C=N–C) groups is 1. The van der Waals surface area contributed by atoms with Crippen LogP contribution in [-0.2, 0) is 16.0 Å². The fourth-order valence-electron chi connectivity index (χ4n) is 4.24. The lowest BCUT2D eigenvalue weighted by molar-refractivity contribution is -0.129. The number of carbonyl (C=O) groups is 1. The smallest absolute Gasteiger partial charge is 0.252 e. The molecule has 1 amide bonds. The Kier molecular flexibility index (Phi) is 9.05. The number of benzene rings is 3. The fourth-order valence-corrected chi connectivity index (χ4v) is 4.93. The highest BCUT2D eigenvalue weighted by Crippen LogP contribution is 2.43. The van der Waals surface area contributed by atoms with E-state index in [-0.39, 0.29) is 18.6 Å². The number of nitrogens with one attached hydrogen (secondary N) is 1. The highest BCUT2D eigenvalue weighted by atomic mass is 79.9. The predicted octanol–water partition coefficient (Wildman–Crippen LogP) is 6.00. The zero-order valence-corrected chi connectivity index (χ0v) is 24.0. The van der Waals surface area contributed by atoms with Crippen LogP contribution in [0.4, 0.5) is 0 Å². The quantitative estimate of drug-likeness (QED) is 0.270. The monoisotopic (exact) mass is 628 g/mol. The summed E-state index contributed by atoms with van der Waals surface area (Å²) in [5.74, 6) is 0.906. The summed E-state index contributed by atoms with van der Waals surface area (Å²) >= 11 is 7.16. The van der Waals surface area contributed by atoms with E-state index in [2.05, 4.69) is 37.2 Å². The number of nitrogens with zero attached hydrogens (tertiary/aromatic N) is 1. The number of aliphatic hydroxyl groups excluding tert-OH is 1. The van der Waals surface area contributed by atoms with Gasteiger partial charge in [0.05, 0.1) is 6.61 Å². The van der Waals surface area contributed by atoms with Crippen molar-refractivity contribution in [2.45, 2.75) is 44.4 Å². The maximum atomic E-state index is 14.0. The van der Waals surface area contributed by atoms with Gasteiger partial charge in [0.2, 0.25) is 5.90 Å². The van der Waals surface area contributed by atoms with Crippen LogP contribution in [0.1, 0.15) is 43.1 Å². The summed E-state index contributed by atoms with van der Waals surface area (Å²) in [5.41, 5.74) is 1.35. The minimum Gasteiger partial charge on any atom is -0.494 e. The average molecular weight is 630 g/mol. The van der Waals surface area contributed by atoms with Gasteiger partial charge in [0.25, 0.3) is 5.91 Å². The van der Waals surface area contributed by atoms with Crippen LogP contribution in [0.25, 0.3) is 0 Å². The van der Waals surface area contributed by atoms with Crippen LogP contribution < -0.4 is 10.1 Å². The molecular formula is C29H30Br2N2O4. The number of aliphatic hydroxyl groups is 1. The van der Waals surface area contributed by atoms with Crippen molar-refractivity contribution in [3.8, 4) is 5.75 Å². The van der Waals surface area contributed by atoms with Crippen molar-refractivity contribution in [3.05, 3.63) is 98.4 Å². The Labute approximate surface area is 234 Å². The van der Waals surface area contributed by atoms with Gasteiger partial charge in [-0.15, -0.1) is 0 Å². The average Bonchev–Trinajstić information content (AvgIpc) is 3.27. The van der Waals surface area contributed by atoms with Gasteiger partial charge in [0.15, 0.2) is 11.6 Å². The first kappa shape index (κ1) is 27.4. The Morgan fingerprint density at radius 3 is 2.43 bits per heavy atom. The molecule has 0 spiro atoms. The third-order valence-corrected chi connectivity index (χ3v) is 7.34. The number of carbonyl (C=O) groups excluding carboxylic acids is 1. The minimum atomic E-state index is -1.23. The van der Waals surface area contributed by atoms with Gasteiger partial charge in [0, 0.05) is 40.0 Å². The molecule has 0 radical (unpaired) electrons. The molecule has 1 aliphatic rings. The lowest BCUT2D eigenvalue weighted by Crippen LogP contribution is -2.51. The molecule has 0 aromatic heterocycles. The molecule has 194 valence electrons. The second-order valence-electron chi connectivity index (χ2n) is 9.24. The molecule has 2 atom stereocenters. The van der Waals surface area contributed by atoms with Crippen molar-refractivity contribution in [2.75, 3.05) is 13.2 Å². The number of amides is 1. The van der Waals surface area contributed by atoms with Gasteiger partial charge in [0.1, 0.15) is 5.75 Å². The Hall–Kier alpha value is -2.68. The standard InChI is InChI=1S/C29H30Br2N2O4/c1-19(2)32-28(35)29(18-22-6-3-4-7-25(22)31)26(20-8-12-23(30)13-9-20)37-27(33-29)21-10-14-24(15-11-21)36-17-5-16-34/h3-4,6-15,19,26,34H,5,16-18H2,1-2H3,(H,32,35)/t26-,29-/m1/s1. The van der Waals surface area contributed by atoms with E-state index >= 15 is 0 Å². The van der Waals surface area contributed by atoms with Crippen LogP contribution in [0.15, 0.2) is 86.7 Å². The van der Waals surface area contributed by atoms with Gasteiger partial charge in [-0.05, 0) is 67.4 Å². The number of ether oxygens (including phenoxy) is 2. The third kappa shape index (κ3) is 6.43. The lowest BCUT2D eigenvalue weighted by Gasteiger charge is -2.32. The van der Waals surface area contributed by atoms with Crippen molar-refractivity contribution in [1.82, 2.24) is 5.32 Å². The minimum absolute atomic E-state index is 0.0660. The molecule has 0 unspecified atom stereocenters. The molecule has 4 rings (SSSR count). The molecule has 6 nitrogen and oxygen atoms in total. The van der Waals surface area contributed by atoms with E-state index in [0.717, 1.165) is 25.6 Å². The summed E-state index contributed by atoms with van der Waals surface area (Å²) in [6.45, 7) is 4.39. The SMILES string of the molecule is CC(C)NC(=O)[C@]1(Cc2ccccc2Br)N=C(c2ccc(OCCCO)cc2)O[C@@H]1c1ccc(Br)cc1. The van der Waals surface area contributed by atoms with E-state index in [4.69, 9.17) is 19.6 Å². The molecule has 8 heteroatoms. The first-order valence-electron chi connectivity index (χ1n) is 12.2. The number of rotatable bonds is 10. The second kappa shape index (κ2) is 12.2. The Balaban J connectivity index is 1.79. The molecule has 37 heavy (non-hydrogen) atoms. The van der Waals surface area contributed by atoms with Crippen LogP contribution in [0, 0.1) is 0 Å². The highest BCUT2D eigenvalue weighted by Gasteiger charge is 2.53. The van der Waals surface area contributed by atoms with Crippen LogP contribution in [0.5, 0.6) is 5.75 Å².